The minimum atomic E-state index is -4.53. The molecule has 0 aliphatic rings. The van der Waals surface area contributed by atoms with Gasteiger partial charge in [-0.2, -0.15) is 4.68 Å². The summed E-state index contributed by atoms with van der Waals surface area (Å²) in [7, 11) is 0. The summed E-state index contributed by atoms with van der Waals surface area (Å²) in [5.41, 5.74) is 5.31. The molecule has 1 aromatic heterocycles. The fourth-order valence-electron chi connectivity index (χ4n) is 1.28. The highest BCUT2D eigenvalue weighted by atomic mass is 19.4. The van der Waals surface area contributed by atoms with Gasteiger partial charge in [0.15, 0.2) is 5.82 Å². The highest BCUT2D eigenvalue weighted by Crippen LogP contribution is 2.29. The molecule has 2 rings (SSSR count). The van der Waals surface area contributed by atoms with Crippen LogP contribution in [0.4, 0.5) is 19.0 Å². The summed E-state index contributed by atoms with van der Waals surface area (Å²) in [6.07, 6.45) is -4.53. The topological polar surface area (TPSA) is 43.8 Å². The van der Waals surface area contributed by atoms with E-state index in [0.29, 0.717) is 5.39 Å². The molecule has 2 aromatic rings. The molecule has 0 amide bonds. The Balaban J connectivity index is 2.80. The van der Waals surface area contributed by atoms with Crippen molar-refractivity contribution in [3.05, 3.63) is 24.3 Å². The highest BCUT2D eigenvalue weighted by molar-refractivity contribution is 5.89. The van der Waals surface area contributed by atoms with Gasteiger partial charge in [0, 0.05) is 5.39 Å². The molecule has 3 nitrogen and oxygen atoms in total. The SMILES string of the molecule is Nc1nn(C(F)(F)F)c2ccccc12. The number of halogens is 3. The zero-order chi connectivity index (χ0) is 10.3. The maximum absolute atomic E-state index is 12.4. The summed E-state index contributed by atoms with van der Waals surface area (Å²) in [6.45, 7) is 0. The summed E-state index contributed by atoms with van der Waals surface area (Å²) >= 11 is 0. The van der Waals surface area contributed by atoms with Gasteiger partial charge in [-0.3, -0.25) is 0 Å². The lowest BCUT2D eigenvalue weighted by atomic mass is 10.2. The quantitative estimate of drug-likeness (QED) is 0.709. The second kappa shape index (κ2) is 2.63. The minimum absolute atomic E-state index is 0.0301. The van der Waals surface area contributed by atoms with Gasteiger partial charge in [-0.1, -0.05) is 12.1 Å². The van der Waals surface area contributed by atoms with Gasteiger partial charge in [0.05, 0.1) is 5.52 Å². The van der Waals surface area contributed by atoms with Gasteiger partial charge < -0.3 is 5.73 Å². The molecule has 74 valence electrons. The van der Waals surface area contributed by atoms with E-state index >= 15 is 0 Å². The van der Waals surface area contributed by atoms with Crippen LogP contribution in [0.15, 0.2) is 24.3 Å². The number of nitrogen functional groups attached to an aromatic ring is 1. The summed E-state index contributed by atoms with van der Waals surface area (Å²) < 4.78 is 37.1. The number of nitrogens with zero attached hydrogens (tertiary/aromatic N) is 2. The summed E-state index contributed by atoms with van der Waals surface area (Å²) in [4.78, 5) is 0. The second-order valence-electron chi connectivity index (χ2n) is 2.78. The first-order chi connectivity index (χ1) is 6.50. The zero-order valence-electron chi connectivity index (χ0n) is 6.92. The Morgan fingerprint density at radius 2 is 1.86 bits per heavy atom. The second-order valence-corrected chi connectivity index (χ2v) is 2.78. The van der Waals surface area contributed by atoms with Crippen molar-refractivity contribution in [1.82, 2.24) is 9.78 Å². The Morgan fingerprint density at radius 3 is 2.50 bits per heavy atom. The number of anilines is 1. The van der Waals surface area contributed by atoms with Gasteiger partial charge in [0.25, 0.3) is 0 Å². The molecular weight excluding hydrogens is 195 g/mol. The van der Waals surface area contributed by atoms with Gasteiger partial charge in [-0.15, -0.1) is 18.3 Å². The molecular formula is C8H6F3N3. The van der Waals surface area contributed by atoms with E-state index in [9.17, 15) is 13.2 Å². The first kappa shape index (κ1) is 8.86. The lowest BCUT2D eigenvalue weighted by Gasteiger charge is -2.06. The predicted octanol–water partition coefficient (Wildman–Crippen LogP) is 2.09. The molecule has 14 heavy (non-hydrogen) atoms. The molecule has 0 unspecified atom stereocenters. The summed E-state index contributed by atoms with van der Waals surface area (Å²) in [5, 5.41) is 3.54. The number of para-hydroxylation sites is 1. The van der Waals surface area contributed by atoms with E-state index in [1.54, 1.807) is 6.07 Å². The van der Waals surface area contributed by atoms with Crippen LogP contribution in [0.1, 0.15) is 0 Å². The molecule has 0 fully saturated rings. The van der Waals surface area contributed by atoms with Crippen LogP contribution in [0, 0.1) is 0 Å². The van der Waals surface area contributed by atoms with Gasteiger partial charge in [0.1, 0.15) is 0 Å². The standard InChI is InChI=1S/C8H6F3N3/c9-8(10,11)14-6-4-2-1-3-5(6)7(12)13-14/h1-4H,(H2,12,13). The smallest absolute Gasteiger partial charge is 0.382 e. The van der Waals surface area contributed by atoms with Crippen molar-refractivity contribution in [3.63, 3.8) is 0 Å². The number of fused-ring (bicyclic) bond motifs is 1. The average Bonchev–Trinajstić information content (AvgIpc) is 2.44. The molecule has 0 atom stereocenters. The monoisotopic (exact) mass is 201 g/mol. The first-order valence-corrected chi connectivity index (χ1v) is 3.80. The third-order valence-corrected chi connectivity index (χ3v) is 1.86. The van der Waals surface area contributed by atoms with Crippen molar-refractivity contribution in [2.24, 2.45) is 0 Å². The van der Waals surface area contributed by atoms with Crippen LogP contribution in [-0.2, 0) is 6.30 Å². The van der Waals surface area contributed by atoms with Gasteiger partial charge in [0.2, 0.25) is 0 Å². The Labute approximate surface area is 76.9 Å². The number of nitrogens with two attached hydrogens (primary N) is 1. The molecule has 0 saturated carbocycles. The number of rotatable bonds is 0. The van der Waals surface area contributed by atoms with E-state index in [2.05, 4.69) is 5.10 Å². The van der Waals surface area contributed by atoms with Crippen molar-refractivity contribution in [3.8, 4) is 0 Å². The van der Waals surface area contributed by atoms with E-state index in [0.717, 1.165) is 0 Å². The van der Waals surface area contributed by atoms with Gasteiger partial charge in [-0.25, -0.2) is 0 Å². The number of benzene rings is 1. The van der Waals surface area contributed by atoms with Gasteiger partial charge >= 0.3 is 6.30 Å². The molecule has 6 heteroatoms. The van der Waals surface area contributed by atoms with E-state index < -0.39 is 6.30 Å². The maximum atomic E-state index is 12.4. The summed E-state index contributed by atoms with van der Waals surface area (Å²) in [5.74, 6) is -0.113. The number of alkyl halides is 3. The molecule has 0 aliphatic carbocycles. The molecule has 0 aliphatic heterocycles. The fourth-order valence-corrected chi connectivity index (χ4v) is 1.28. The minimum Gasteiger partial charge on any atom is -0.382 e. The van der Waals surface area contributed by atoms with Crippen molar-refractivity contribution in [2.75, 3.05) is 5.73 Å². The number of aromatic nitrogens is 2. The molecule has 0 spiro atoms. The maximum Gasteiger partial charge on any atom is 0.505 e. The molecule has 0 bridgehead atoms. The average molecular weight is 201 g/mol. The van der Waals surface area contributed by atoms with E-state index in [4.69, 9.17) is 5.73 Å². The lowest BCUT2D eigenvalue weighted by Crippen LogP contribution is -2.18. The summed E-state index contributed by atoms with van der Waals surface area (Å²) in [6, 6.07) is 5.94. The number of hydrogen-bond acceptors (Lipinski definition) is 2. The Bertz CT molecular complexity index is 472. The highest BCUT2D eigenvalue weighted by Gasteiger charge is 2.34. The Hall–Kier alpha value is -1.72. The van der Waals surface area contributed by atoms with E-state index in [-0.39, 0.29) is 16.0 Å². The van der Waals surface area contributed by atoms with Crippen molar-refractivity contribution < 1.29 is 13.2 Å². The van der Waals surface area contributed by atoms with Crippen molar-refractivity contribution in [2.45, 2.75) is 6.30 Å². The third-order valence-electron chi connectivity index (χ3n) is 1.86. The van der Waals surface area contributed by atoms with Crippen LogP contribution in [0.25, 0.3) is 10.9 Å². The van der Waals surface area contributed by atoms with Crippen LogP contribution >= 0.6 is 0 Å². The van der Waals surface area contributed by atoms with Crippen LogP contribution in [0.5, 0.6) is 0 Å². The van der Waals surface area contributed by atoms with E-state index in [1.165, 1.54) is 18.2 Å². The molecule has 0 radical (unpaired) electrons. The third kappa shape index (κ3) is 1.19. The van der Waals surface area contributed by atoms with Crippen LogP contribution in [0.3, 0.4) is 0 Å². The van der Waals surface area contributed by atoms with E-state index in [1.807, 2.05) is 0 Å². The molecule has 2 N–H and O–H groups in total. The predicted molar refractivity (Wildman–Crippen MR) is 45.4 cm³/mol. The number of hydrogen-bond donors (Lipinski definition) is 1. The Kier molecular flexibility index (Phi) is 1.67. The lowest BCUT2D eigenvalue weighted by molar-refractivity contribution is -0.208. The zero-order valence-corrected chi connectivity index (χ0v) is 6.92. The largest absolute Gasteiger partial charge is 0.505 e. The molecule has 0 saturated heterocycles. The normalized spacial score (nSPS) is 12.2. The van der Waals surface area contributed by atoms with Crippen LogP contribution in [-0.4, -0.2) is 9.78 Å². The van der Waals surface area contributed by atoms with Gasteiger partial charge in [-0.05, 0) is 12.1 Å². The Morgan fingerprint density at radius 1 is 1.21 bits per heavy atom. The first-order valence-electron chi connectivity index (χ1n) is 3.80. The van der Waals surface area contributed by atoms with Crippen molar-refractivity contribution >= 4 is 16.7 Å². The van der Waals surface area contributed by atoms with Crippen LogP contribution in [0.2, 0.25) is 0 Å². The molecule has 1 heterocycles. The molecule has 1 aromatic carbocycles. The fraction of sp³-hybridized carbons (Fsp3) is 0.125. The van der Waals surface area contributed by atoms with Crippen molar-refractivity contribution in [1.29, 1.82) is 0 Å². The van der Waals surface area contributed by atoms with Crippen LogP contribution < -0.4 is 5.73 Å².